The van der Waals surface area contributed by atoms with Crippen molar-refractivity contribution in [1.82, 2.24) is 10.3 Å². The molecule has 6 nitrogen and oxygen atoms in total. The second-order valence-corrected chi connectivity index (χ2v) is 6.34. The monoisotopic (exact) mass is 390 g/mol. The number of hydrogen-bond donors (Lipinski definition) is 2. The van der Waals surface area contributed by atoms with Crippen LogP contribution in [-0.4, -0.2) is 43.7 Å². The molecule has 1 aromatic rings. The lowest BCUT2D eigenvalue weighted by atomic mass is 9.95. The molecule has 1 aliphatic heterocycles. The third-order valence-electron chi connectivity index (χ3n) is 4.93. The Hall–Kier alpha value is -1.08. The van der Waals surface area contributed by atoms with Gasteiger partial charge in [-0.05, 0) is 31.4 Å². The van der Waals surface area contributed by atoms with Crippen molar-refractivity contribution in [2.45, 2.75) is 25.8 Å². The van der Waals surface area contributed by atoms with Crippen LogP contribution in [0.3, 0.4) is 0 Å². The van der Waals surface area contributed by atoms with Crippen molar-refractivity contribution in [3.8, 4) is 0 Å². The molecule has 1 saturated heterocycles. The van der Waals surface area contributed by atoms with Crippen LogP contribution >= 0.6 is 24.8 Å². The minimum Gasteiger partial charge on any atom is -0.378 e. The van der Waals surface area contributed by atoms with Crippen LogP contribution in [0.25, 0.3) is 0 Å². The van der Waals surface area contributed by atoms with Crippen LogP contribution in [0.4, 0.5) is 5.82 Å². The first-order chi connectivity index (χ1) is 11.3. The van der Waals surface area contributed by atoms with E-state index in [1.807, 2.05) is 12.1 Å². The van der Waals surface area contributed by atoms with Crippen molar-refractivity contribution in [1.29, 1.82) is 0 Å². The van der Waals surface area contributed by atoms with Crippen LogP contribution in [0, 0.1) is 11.8 Å². The molecule has 0 unspecified atom stereocenters. The van der Waals surface area contributed by atoms with Crippen LogP contribution in [0.2, 0.25) is 0 Å². The molecule has 1 amide bonds. The Labute approximate surface area is 161 Å². The molecule has 0 aromatic carbocycles. The Morgan fingerprint density at radius 2 is 2.08 bits per heavy atom. The minimum absolute atomic E-state index is 0. The van der Waals surface area contributed by atoms with Crippen LogP contribution in [0.15, 0.2) is 18.3 Å². The summed E-state index contributed by atoms with van der Waals surface area (Å²) in [5.41, 5.74) is 6.84. The van der Waals surface area contributed by atoms with Crippen molar-refractivity contribution in [3.05, 3.63) is 23.9 Å². The number of pyridine rings is 1. The largest absolute Gasteiger partial charge is 0.378 e. The number of nitrogens with zero attached hydrogens (tertiary/aromatic N) is 2. The van der Waals surface area contributed by atoms with Crippen LogP contribution in [0.1, 0.15) is 24.8 Å². The highest BCUT2D eigenvalue weighted by Gasteiger charge is 2.31. The number of nitrogens with one attached hydrogen (secondary N) is 1. The van der Waals surface area contributed by atoms with Crippen LogP contribution in [-0.2, 0) is 16.1 Å². The Kier molecular flexibility index (Phi) is 9.50. The first-order valence-electron chi connectivity index (χ1n) is 8.54. The molecule has 2 heterocycles. The third kappa shape index (κ3) is 5.45. The average Bonchev–Trinajstić information content (AvgIpc) is 3.09. The first kappa shape index (κ1) is 22.0. The molecule has 142 valence electrons. The van der Waals surface area contributed by atoms with Gasteiger partial charge in [0.25, 0.3) is 0 Å². The summed E-state index contributed by atoms with van der Waals surface area (Å²) in [6, 6.07) is 3.96. The Morgan fingerprint density at radius 3 is 2.80 bits per heavy atom. The molecule has 1 aliphatic carbocycles. The number of anilines is 1. The second kappa shape index (κ2) is 10.8. The molecule has 0 radical (unpaired) electrons. The number of morpholine rings is 1. The van der Waals surface area contributed by atoms with E-state index in [0.717, 1.165) is 56.9 Å². The summed E-state index contributed by atoms with van der Waals surface area (Å²) in [5, 5.41) is 3.09. The Balaban J connectivity index is 0.00000156. The lowest BCUT2D eigenvalue weighted by molar-refractivity contribution is -0.126. The summed E-state index contributed by atoms with van der Waals surface area (Å²) in [4.78, 5) is 19.2. The van der Waals surface area contributed by atoms with Gasteiger partial charge in [0.15, 0.2) is 0 Å². The van der Waals surface area contributed by atoms with Gasteiger partial charge in [-0.25, -0.2) is 4.98 Å². The van der Waals surface area contributed by atoms with Gasteiger partial charge in [0, 0.05) is 37.3 Å². The molecule has 8 heteroatoms. The standard InChI is InChI=1S/C17H26N4O2.2ClH/c18-11-13-3-1-5-15(13)17(22)20-12-14-4-2-6-19-16(14)21-7-9-23-10-8-21;;/h2,4,6,13,15H,1,3,5,7-12,18H2,(H,20,22);2*1H/t13-,15-;;/m1../s1. The highest BCUT2D eigenvalue weighted by atomic mass is 35.5. The van der Waals surface area contributed by atoms with E-state index < -0.39 is 0 Å². The minimum atomic E-state index is 0. The van der Waals surface area contributed by atoms with Gasteiger partial charge in [-0.15, -0.1) is 24.8 Å². The highest BCUT2D eigenvalue weighted by molar-refractivity contribution is 5.85. The van der Waals surface area contributed by atoms with Crippen molar-refractivity contribution in [2.75, 3.05) is 37.7 Å². The number of aromatic nitrogens is 1. The van der Waals surface area contributed by atoms with E-state index >= 15 is 0 Å². The fraction of sp³-hybridized carbons (Fsp3) is 0.647. The highest BCUT2D eigenvalue weighted by Crippen LogP contribution is 2.31. The summed E-state index contributed by atoms with van der Waals surface area (Å²) in [6.45, 7) is 4.26. The molecule has 3 rings (SSSR count). The van der Waals surface area contributed by atoms with Crippen LogP contribution < -0.4 is 16.0 Å². The number of amides is 1. The zero-order valence-corrected chi connectivity index (χ0v) is 16.0. The molecule has 0 bridgehead atoms. The quantitative estimate of drug-likeness (QED) is 0.800. The fourth-order valence-corrected chi connectivity index (χ4v) is 3.61. The smallest absolute Gasteiger partial charge is 0.223 e. The number of nitrogens with two attached hydrogens (primary N) is 1. The van der Waals surface area contributed by atoms with Crippen LogP contribution in [0.5, 0.6) is 0 Å². The lowest BCUT2D eigenvalue weighted by Gasteiger charge is -2.29. The molecule has 1 saturated carbocycles. The molecular weight excluding hydrogens is 363 g/mol. The van der Waals surface area contributed by atoms with Gasteiger partial charge in [-0.3, -0.25) is 4.79 Å². The maximum absolute atomic E-state index is 12.5. The van der Waals surface area contributed by atoms with E-state index in [0.29, 0.717) is 19.0 Å². The van der Waals surface area contributed by atoms with E-state index in [9.17, 15) is 4.79 Å². The van der Waals surface area contributed by atoms with E-state index in [1.165, 1.54) is 0 Å². The van der Waals surface area contributed by atoms with Crippen molar-refractivity contribution < 1.29 is 9.53 Å². The van der Waals surface area contributed by atoms with E-state index in [2.05, 4.69) is 15.2 Å². The third-order valence-corrected chi connectivity index (χ3v) is 4.93. The number of hydrogen-bond acceptors (Lipinski definition) is 5. The van der Waals surface area contributed by atoms with Gasteiger partial charge in [0.1, 0.15) is 5.82 Å². The Morgan fingerprint density at radius 1 is 1.32 bits per heavy atom. The molecule has 0 spiro atoms. The molecular formula is C17H28Cl2N4O2. The normalized spacial score (nSPS) is 22.7. The van der Waals surface area contributed by atoms with Crippen molar-refractivity contribution >= 4 is 36.5 Å². The number of ether oxygens (including phenoxy) is 1. The summed E-state index contributed by atoms with van der Waals surface area (Å²) < 4.78 is 5.40. The summed E-state index contributed by atoms with van der Waals surface area (Å²) >= 11 is 0. The predicted molar refractivity (Wildman–Crippen MR) is 103 cm³/mol. The van der Waals surface area contributed by atoms with Gasteiger partial charge in [-0.1, -0.05) is 12.5 Å². The van der Waals surface area contributed by atoms with Gasteiger partial charge < -0.3 is 20.7 Å². The number of halogens is 2. The van der Waals surface area contributed by atoms with E-state index in [1.54, 1.807) is 6.20 Å². The fourth-order valence-electron chi connectivity index (χ4n) is 3.61. The maximum atomic E-state index is 12.5. The predicted octanol–water partition coefficient (Wildman–Crippen LogP) is 1.75. The van der Waals surface area contributed by atoms with Gasteiger partial charge in [0.05, 0.1) is 13.2 Å². The summed E-state index contributed by atoms with van der Waals surface area (Å²) in [6.07, 6.45) is 4.93. The summed E-state index contributed by atoms with van der Waals surface area (Å²) in [5.74, 6) is 1.50. The SMILES string of the molecule is Cl.Cl.NC[C@H]1CCC[C@H]1C(=O)NCc1cccnc1N1CCOCC1. The molecule has 25 heavy (non-hydrogen) atoms. The van der Waals surface area contributed by atoms with Crippen molar-refractivity contribution in [2.24, 2.45) is 17.6 Å². The lowest BCUT2D eigenvalue weighted by Crippen LogP contribution is -2.38. The van der Waals surface area contributed by atoms with Gasteiger partial charge in [0.2, 0.25) is 5.91 Å². The first-order valence-corrected chi connectivity index (χ1v) is 8.54. The Bertz CT molecular complexity index is 541. The number of carbonyl (C=O) groups is 1. The molecule has 3 N–H and O–H groups in total. The average molecular weight is 391 g/mol. The van der Waals surface area contributed by atoms with Gasteiger partial charge in [-0.2, -0.15) is 0 Å². The molecule has 2 atom stereocenters. The zero-order chi connectivity index (χ0) is 16.1. The maximum Gasteiger partial charge on any atom is 0.223 e. The van der Waals surface area contributed by atoms with Crippen molar-refractivity contribution in [3.63, 3.8) is 0 Å². The number of carbonyl (C=O) groups excluding carboxylic acids is 1. The van der Waals surface area contributed by atoms with E-state index in [4.69, 9.17) is 10.5 Å². The number of rotatable bonds is 5. The molecule has 2 aliphatic rings. The zero-order valence-electron chi connectivity index (χ0n) is 14.4. The topological polar surface area (TPSA) is 80.5 Å². The second-order valence-electron chi connectivity index (χ2n) is 6.34. The molecule has 1 aromatic heterocycles. The summed E-state index contributed by atoms with van der Waals surface area (Å²) in [7, 11) is 0. The van der Waals surface area contributed by atoms with E-state index in [-0.39, 0.29) is 36.6 Å². The van der Waals surface area contributed by atoms with Gasteiger partial charge >= 0.3 is 0 Å². The molecule has 2 fully saturated rings.